The van der Waals surface area contributed by atoms with Crippen LogP contribution in [0.1, 0.15) is 18.2 Å². The van der Waals surface area contributed by atoms with Gasteiger partial charge >= 0.3 is 0 Å². The Bertz CT molecular complexity index is 854. The van der Waals surface area contributed by atoms with Gasteiger partial charge in [-0.3, -0.25) is 13.9 Å². The van der Waals surface area contributed by atoms with Gasteiger partial charge in [-0.15, -0.1) is 10.2 Å². The fraction of sp³-hybridized carbons (Fsp3) is 0.333. The lowest BCUT2D eigenvalue weighted by Gasteiger charge is -2.18. The SMILES string of the molecule is Cn1nccc1[C@@H]1OCC[C@H]1C(=O)Nc1ccc2nncn2c1. The molecule has 8 heteroatoms. The molecule has 0 saturated carbocycles. The van der Waals surface area contributed by atoms with Gasteiger partial charge in [0, 0.05) is 26.0 Å². The number of fused-ring (bicyclic) bond motifs is 1. The summed E-state index contributed by atoms with van der Waals surface area (Å²) in [6.45, 7) is 0.568. The first kappa shape index (κ1) is 13.9. The van der Waals surface area contributed by atoms with Gasteiger partial charge in [-0.05, 0) is 24.6 Å². The number of amides is 1. The average molecular weight is 312 g/mol. The van der Waals surface area contributed by atoms with Crippen LogP contribution in [0.25, 0.3) is 5.65 Å². The summed E-state index contributed by atoms with van der Waals surface area (Å²) in [7, 11) is 1.85. The first-order chi connectivity index (χ1) is 11.2. The monoisotopic (exact) mass is 312 g/mol. The van der Waals surface area contributed by atoms with E-state index in [9.17, 15) is 4.79 Å². The van der Waals surface area contributed by atoms with Crippen molar-refractivity contribution in [3.8, 4) is 0 Å². The lowest BCUT2D eigenvalue weighted by molar-refractivity contribution is -0.121. The van der Waals surface area contributed by atoms with Gasteiger partial charge in [0.2, 0.25) is 5.91 Å². The summed E-state index contributed by atoms with van der Waals surface area (Å²) < 4.78 is 9.27. The fourth-order valence-corrected chi connectivity index (χ4v) is 2.95. The van der Waals surface area contributed by atoms with Crippen LogP contribution in [0.15, 0.2) is 36.9 Å². The molecule has 1 aliphatic rings. The molecule has 0 radical (unpaired) electrons. The van der Waals surface area contributed by atoms with Crippen LogP contribution < -0.4 is 5.32 Å². The van der Waals surface area contributed by atoms with Gasteiger partial charge in [0.15, 0.2) is 5.65 Å². The van der Waals surface area contributed by atoms with Crippen LogP contribution in [0.4, 0.5) is 5.69 Å². The van der Waals surface area contributed by atoms with Gasteiger partial charge in [-0.1, -0.05) is 0 Å². The number of nitrogens with one attached hydrogen (secondary N) is 1. The molecule has 23 heavy (non-hydrogen) atoms. The Morgan fingerprint density at radius 3 is 3.13 bits per heavy atom. The number of pyridine rings is 1. The zero-order chi connectivity index (χ0) is 15.8. The first-order valence-corrected chi connectivity index (χ1v) is 7.42. The molecule has 3 aromatic heterocycles. The molecule has 1 fully saturated rings. The molecular weight excluding hydrogens is 296 g/mol. The summed E-state index contributed by atoms with van der Waals surface area (Å²) in [4.78, 5) is 12.6. The van der Waals surface area contributed by atoms with Crippen molar-refractivity contribution in [2.75, 3.05) is 11.9 Å². The molecule has 0 aliphatic carbocycles. The van der Waals surface area contributed by atoms with E-state index in [2.05, 4.69) is 20.6 Å². The third kappa shape index (κ3) is 2.46. The molecule has 0 unspecified atom stereocenters. The molecule has 1 saturated heterocycles. The minimum atomic E-state index is -0.263. The number of ether oxygens (including phenoxy) is 1. The molecule has 4 heterocycles. The highest BCUT2D eigenvalue weighted by Crippen LogP contribution is 2.34. The summed E-state index contributed by atoms with van der Waals surface area (Å²) in [6.07, 6.45) is 5.54. The molecule has 1 aliphatic heterocycles. The van der Waals surface area contributed by atoms with Crippen molar-refractivity contribution >= 4 is 17.2 Å². The maximum atomic E-state index is 12.6. The van der Waals surface area contributed by atoms with Crippen LogP contribution in [0, 0.1) is 5.92 Å². The molecule has 2 atom stereocenters. The van der Waals surface area contributed by atoms with Gasteiger partial charge in [0.1, 0.15) is 12.4 Å². The van der Waals surface area contributed by atoms with E-state index >= 15 is 0 Å². The molecule has 4 rings (SSSR count). The average Bonchev–Trinajstić information content (AvgIpc) is 3.25. The van der Waals surface area contributed by atoms with Gasteiger partial charge in [0.05, 0.1) is 17.3 Å². The Kier molecular flexibility index (Phi) is 3.30. The van der Waals surface area contributed by atoms with Gasteiger partial charge in [-0.2, -0.15) is 5.10 Å². The third-order valence-corrected chi connectivity index (χ3v) is 4.14. The number of aromatic nitrogens is 5. The van der Waals surface area contributed by atoms with E-state index in [1.807, 2.05) is 25.2 Å². The van der Waals surface area contributed by atoms with Crippen molar-refractivity contribution in [1.29, 1.82) is 0 Å². The largest absolute Gasteiger partial charge is 0.371 e. The molecular formula is C15H16N6O2. The number of hydrogen-bond donors (Lipinski definition) is 1. The van der Waals surface area contributed by atoms with E-state index in [1.54, 1.807) is 27.8 Å². The first-order valence-electron chi connectivity index (χ1n) is 7.42. The minimum absolute atomic E-state index is 0.0545. The summed E-state index contributed by atoms with van der Waals surface area (Å²) in [5.74, 6) is -0.289. The maximum Gasteiger partial charge on any atom is 0.230 e. The number of anilines is 1. The number of rotatable bonds is 3. The Hall–Kier alpha value is -2.74. The van der Waals surface area contributed by atoms with Crippen LogP contribution in [-0.4, -0.2) is 36.9 Å². The molecule has 3 aromatic rings. The van der Waals surface area contributed by atoms with Crippen LogP contribution in [-0.2, 0) is 16.6 Å². The van der Waals surface area contributed by atoms with E-state index in [4.69, 9.17) is 4.74 Å². The Balaban J connectivity index is 1.54. The Labute approximate surface area is 132 Å². The van der Waals surface area contributed by atoms with E-state index in [-0.39, 0.29) is 17.9 Å². The lowest BCUT2D eigenvalue weighted by Crippen LogP contribution is -2.26. The van der Waals surface area contributed by atoms with Crippen molar-refractivity contribution in [2.24, 2.45) is 13.0 Å². The fourth-order valence-electron chi connectivity index (χ4n) is 2.95. The predicted molar refractivity (Wildman–Crippen MR) is 81.6 cm³/mol. The number of aryl methyl sites for hydroxylation is 1. The number of hydrogen-bond acceptors (Lipinski definition) is 5. The van der Waals surface area contributed by atoms with Crippen molar-refractivity contribution in [2.45, 2.75) is 12.5 Å². The molecule has 1 amide bonds. The molecule has 1 N–H and O–H groups in total. The second kappa shape index (κ2) is 5.47. The van der Waals surface area contributed by atoms with E-state index in [0.717, 1.165) is 11.3 Å². The highest BCUT2D eigenvalue weighted by atomic mass is 16.5. The zero-order valence-corrected chi connectivity index (χ0v) is 12.6. The topological polar surface area (TPSA) is 86.3 Å². The quantitative estimate of drug-likeness (QED) is 0.785. The number of carbonyl (C=O) groups is 1. The van der Waals surface area contributed by atoms with Crippen molar-refractivity contribution in [1.82, 2.24) is 24.4 Å². The van der Waals surface area contributed by atoms with E-state index in [0.29, 0.717) is 18.7 Å². The molecule has 0 bridgehead atoms. The minimum Gasteiger partial charge on any atom is -0.371 e. The maximum absolute atomic E-state index is 12.6. The molecule has 0 aromatic carbocycles. The Morgan fingerprint density at radius 1 is 1.39 bits per heavy atom. The normalized spacial score (nSPS) is 20.9. The van der Waals surface area contributed by atoms with Crippen LogP contribution in [0.5, 0.6) is 0 Å². The van der Waals surface area contributed by atoms with Crippen LogP contribution >= 0.6 is 0 Å². The summed E-state index contributed by atoms with van der Waals surface area (Å²) in [5.41, 5.74) is 2.36. The highest BCUT2D eigenvalue weighted by molar-refractivity contribution is 5.93. The van der Waals surface area contributed by atoms with Gasteiger partial charge in [-0.25, -0.2) is 0 Å². The van der Waals surface area contributed by atoms with Crippen molar-refractivity contribution < 1.29 is 9.53 Å². The van der Waals surface area contributed by atoms with Gasteiger partial charge < -0.3 is 10.1 Å². The summed E-state index contributed by atoms with van der Waals surface area (Å²) >= 11 is 0. The van der Waals surface area contributed by atoms with E-state index in [1.165, 1.54) is 0 Å². The second-order valence-corrected chi connectivity index (χ2v) is 5.57. The second-order valence-electron chi connectivity index (χ2n) is 5.57. The Morgan fingerprint density at radius 2 is 2.30 bits per heavy atom. The number of nitrogens with zero attached hydrogens (tertiary/aromatic N) is 5. The van der Waals surface area contributed by atoms with Crippen molar-refractivity contribution in [3.63, 3.8) is 0 Å². The predicted octanol–water partition coefficient (Wildman–Crippen LogP) is 1.18. The smallest absolute Gasteiger partial charge is 0.230 e. The van der Waals surface area contributed by atoms with Crippen molar-refractivity contribution in [3.05, 3.63) is 42.6 Å². The summed E-state index contributed by atoms with van der Waals surface area (Å²) in [5, 5.41) is 14.9. The number of carbonyl (C=O) groups excluding carboxylic acids is 1. The molecule has 8 nitrogen and oxygen atoms in total. The molecule has 118 valence electrons. The van der Waals surface area contributed by atoms with E-state index < -0.39 is 0 Å². The van der Waals surface area contributed by atoms with Crippen LogP contribution in [0.2, 0.25) is 0 Å². The van der Waals surface area contributed by atoms with Gasteiger partial charge in [0.25, 0.3) is 0 Å². The standard InChI is InChI=1S/C15H16N6O2/c1-20-12(4-6-17-20)14-11(5-7-23-14)15(22)18-10-2-3-13-19-16-9-21(13)8-10/h2-4,6,8-9,11,14H,5,7H2,1H3,(H,18,22)/t11-,14-/m1/s1. The van der Waals surface area contributed by atoms with Crippen LogP contribution in [0.3, 0.4) is 0 Å². The lowest BCUT2D eigenvalue weighted by atomic mass is 9.98. The summed E-state index contributed by atoms with van der Waals surface area (Å²) in [6, 6.07) is 5.52. The zero-order valence-electron chi connectivity index (χ0n) is 12.6. The third-order valence-electron chi connectivity index (χ3n) is 4.14. The highest BCUT2D eigenvalue weighted by Gasteiger charge is 2.36. The molecule has 0 spiro atoms.